The number of nitrogens with zero attached hydrogens (tertiary/aromatic N) is 3. The van der Waals surface area contributed by atoms with Gasteiger partial charge < -0.3 is 4.52 Å². The average molecular weight is 191 g/mol. The summed E-state index contributed by atoms with van der Waals surface area (Å²) in [5, 5.41) is 12.4. The van der Waals surface area contributed by atoms with Gasteiger partial charge in [-0.15, -0.1) is 0 Å². The largest absolute Gasteiger partial charge is 0.338 e. The molecule has 1 aromatic rings. The van der Waals surface area contributed by atoms with Crippen molar-refractivity contribution in [3.63, 3.8) is 0 Å². The van der Waals surface area contributed by atoms with Gasteiger partial charge in [0.1, 0.15) is 6.42 Å². The van der Waals surface area contributed by atoms with Crippen LogP contribution in [-0.4, -0.2) is 10.1 Å². The Labute approximate surface area is 82.9 Å². The third-order valence-corrected chi connectivity index (χ3v) is 2.77. The summed E-state index contributed by atoms with van der Waals surface area (Å²) in [4.78, 5) is 4.22. The van der Waals surface area contributed by atoms with Gasteiger partial charge in [0.2, 0.25) is 5.89 Å². The van der Waals surface area contributed by atoms with Crippen LogP contribution in [0.5, 0.6) is 0 Å². The number of nitriles is 1. The molecule has 2 unspecified atom stereocenters. The molecule has 4 heteroatoms. The molecule has 14 heavy (non-hydrogen) atoms. The van der Waals surface area contributed by atoms with Gasteiger partial charge in [0.05, 0.1) is 6.07 Å². The Bertz CT molecular complexity index is 352. The summed E-state index contributed by atoms with van der Waals surface area (Å²) in [7, 11) is 0. The molecule has 0 spiro atoms. The van der Waals surface area contributed by atoms with Crippen molar-refractivity contribution in [2.45, 2.75) is 38.5 Å². The fourth-order valence-electron chi connectivity index (χ4n) is 2.01. The smallest absolute Gasteiger partial charge is 0.240 e. The Kier molecular flexibility index (Phi) is 2.49. The van der Waals surface area contributed by atoms with Crippen molar-refractivity contribution in [3.8, 4) is 6.07 Å². The number of aromatic nitrogens is 2. The van der Waals surface area contributed by atoms with Crippen molar-refractivity contribution in [2.75, 3.05) is 0 Å². The van der Waals surface area contributed by atoms with Crippen LogP contribution in [0.3, 0.4) is 0 Å². The van der Waals surface area contributed by atoms with Gasteiger partial charge in [-0.2, -0.15) is 10.2 Å². The number of rotatable bonds is 2. The molecule has 0 bridgehead atoms. The fraction of sp³-hybridized carbons (Fsp3) is 0.700. The molecule has 0 aliphatic heterocycles. The van der Waals surface area contributed by atoms with E-state index in [2.05, 4.69) is 17.1 Å². The first kappa shape index (κ1) is 9.20. The molecule has 4 nitrogen and oxygen atoms in total. The third-order valence-electron chi connectivity index (χ3n) is 2.77. The molecule has 0 radical (unpaired) electrons. The summed E-state index contributed by atoms with van der Waals surface area (Å²) in [5.41, 5.74) is 0. The van der Waals surface area contributed by atoms with Crippen molar-refractivity contribution in [1.29, 1.82) is 5.26 Å². The van der Waals surface area contributed by atoms with E-state index in [0.717, 1.165) is 24.6 Å². The normalized spacial score (nSPS) is 26.3. The molecular weight excluding hydrogens is 178 g/mol. The van der Waals surface area contributed by atoms with Gasteiger partial charge in [-0.1, -0.05) is 12.1 Å². The maximum Gasteiger partial charge on any atom is 0.240 e. The van der Waals surface area contributed by atoms with E-state index in [1.807, 2.05) is 6.07 Å². The summed E-state index contributed by atoms with van der Waals surface area (Å²) in [6.45, 7) is 2.25. The van der Waals surface area contributed by atoms with Crippen molar-refractivity contribution in [2.24, 2.45) is 5.92 Å². The van der Waals surface area contributed by atoms with Gasteiger partial charge in [0.15, 0.2) is 5.82 Å². The van der Waals surface area contributed by atoms with E-state index in [9.17, 15) is 0 Å². The van der Waals surface area contributed by atoms with E-state index < -0.39 is 0 Å². The molecule has 1 aliphatic rings. The van der Waals surface area contributed by atoms with E-state index >= 15 is 0 Å². The molecule has 2 atom stereocenters. The summed E-state index contributed by atoms with van der Waals surface area (Å²) < 4.78 is 4.97. The van der Waals surface area contributed by atoms with Crippen molar-refractivity contribution < 1.29 is 4.52 Å². The maximum atomic E-state index is 8.46. The minimum Gasteiger partial charge on any atom is -0.338 e. The second-order valence-corrected chi connectivity index (χ2v) is 4.00. The van der Waals surface area contributed by atoms with E-state index in [1.54, 1.807) is 0 Å². The molecule has 1 heterocycles. The highest BCUT2D eigenvalue weighted by Gasteiger charge is 2.26. The second kappa shape index (κ2) is 3.79. The predicted molar refractivity (Wildman–Crippen MR) is 49.4 cm³/mol. The van der Waals surface area contributed by atoms with E-state index in [0.29, 0.717) is 11.8 Å². The second-order valence-electron chi connectivity index (χ2n) is 4.00. The summed E-state index contributed by atoms with van der Waals surface area (Å²) in [5.74, 6) is 2.45. The molecule has 0 aromatic carbocycles. The maximum absolute atomic E-state index is 8.46. The zero-order chi connectivity index (χ0) is 9.97. The zero-order valence-corrected chi connectivity index (χ0v) is 8.23. The Morgan fingerprint density at radius 2 is 2.43 bits per heavy atom. The lowest BCUT2D eigenvalue weighted by molar-refractivity contribution is 0.377. The SMILES string of the molecule is CC1CCC(c2noc(CC#N)n2)C1. The van der Waals surface area contributed by atoms with Crippen LogP contribution in [-0.2, 0) is 6.42 Å². The lowest BCUT2D eigenvalue weighted by Crippen LogP contribution is -1.96. The monoisotopic (exact) mass is 191 g/mol. The molecule has 1 saturated carbocycles. The minimum atomic E-state index is 0.218. The molecule has 1 aliphatic carbocycles. The third kappa shape index (κ3) is 1.77. The molecular formula is C10H13N3O. The first-order valence-corrected chi connectivity index (χ1v) is 4.99. The molecule has 2 rings (SSSR count). The predicted octanol–water partition coefficient (Wildman–Crippen LogP) is 2.04. The van der Waals surface area contributed by atoms with Crippen LogP contribution in [0.15, 0.2) is 4.52 Å². The quantitative estimate of drug-likeness (QED) is 0.717. The lowest BCUT2D eigenvalue weighted by atomic mass is 10.1. The van der Waals surface area contributed by atoms with Gasteiger partial charge in [0.25, 0.3) is 0 Å². The standard InChI is InChI=1S/C10H13N3O/c1-7-2-3-8(6-7)10-12-9(4-5-11)14-13-10/h7-8H,2-4,6H2,1H3. The Morgan fingerprint density at radius 1 is 1.57 bits per heavy atom. The first-order chi connectivity index (χ1) is 6.79. The molecule has 0 amide bonds. The van der Waals surface area contributed by atoms with Crippen LogP contribution in [0.1, 0.15) is 43.8 Å². The first-order valence-electron chi connectivity index (χ1n) is 4.99. The highest BCUT2D eigenvalue weighted by atomic mass is 16.5. The van der Waals surface area contributed by atoms with E-state index in [-0.39, 0.29) is 6.42 Å². The van der Waals surface area contributed by atoms with Gasteiger partial charge >= 0.3 is 0 Å². The Hall–Kier alpha value is -1.37. The highest BCUT2D eigenvalue weighted by Crippen LogP contribution is 2.36. The van der Waals surface area contributed by atoms with E-state index in [4.69, 9.17) is 9.78 Å². The van der Waals surface area contributed by atoms with Crippen molar-refractivity contribution in [1.82, 2.24) is 10.1 Å². The Balaban J connectivity index is 2.06. The van der Waals surface area contributed by atoms with Crippen molar-refractivity contribution >= 4 is 0 Å². The molecule has 0 saturated heterocycles. The summed E-state index contributed by atoms with van der Waals surface area (Å²) >= 11 is 0. The van der Waals surface area contributed by atoms with Crippen LogP contribution in [0.2, 0.25) is 0 Å². The minimum absolute atomic E-state index is 0.218. The molecule has 1 aromatic heterocycles. The highest BCUT2D eigenvalue weighted by molar-refractivity contribution is 5.01. The van der Waals surface area contributed by atoms with Crippen LogP contribution in [0.25, 0.3) is 0 Å². The van der Waals surface area contributed by atoms with Crippen LogP contribution in [0.4, 0.5) is 0 Å². The number of hydrogen-bond acceptors (Lipinski definition) is 4. The topological polar surface area (TPSA) is 62.7 Å². The van der Waals surface area contributed by atoms with Crippen molar-refractivity contribution in [3.05, 3.63) is 11.7 Å². The van der Waals surface area contributed by atoms with E-state index in [1.165, 1.54) is 6.42 Å². The van der Waals surface area contributed by atoms with Gasteiger partial charge in [-0.25, -0.2) is 0 Å². The lowest BCUT2D eigenvalue weighted by Gasteiger charge is -2.01. The average Bonchev–Trinajstić information content (AvgIpc) is 2.74. The van der Waals surface area contributed by atoms with Crippen LogP contribution >= 0.6 is 0 Å². The van der Waals surface area contributed by atoms with Crippen LogP contribution in [0, 0.1) is 17.2 Å². The Morgan fingerprint density at radius 3 is 3.07 bits per heavy atom. The van der Waals surface area contributed by atoms with Crippen LogP contribution < -0.4 is 0 Å². The summed E-state index contributed by atoms with van der Waals surface area (Å²) in [6.07, 6.45) is 3.75. The molecule has 74 valence electrons. The van der Waals surface area contributed by atoms with Gasteiger partial charge in [-0.05, 0) is 25.2 Å². The molecule has 0 N–H and O–H groups in total. The zero-order valence-electron chi connectivity index (χ0n) is 8.23. The van der Waals surface area contributed by atoms with Gasteiger partial charge in [0, 0.05) is 5.92 Å². The summed E-state index contributed by atoms with van der Waals surface area (Å²) in [6, 6.07) is 2.00. The molecule has 1 fully saturated rings. The fourth-order valence-corrected chi connectivity index (χ4v) is 2.01. The number of hydrogen-bond donors (Lipinski definition) is 0. The van der Waals surface area contributed by atoms with Gasteiger partial charge in [-0.3, -0.25) is 0 Å².